The summed E-state index contributed by atoms with van der Waals surface area (Å²) >= 11 is 3.36. The van der Waals surface area contributed by atoms with Crippen LogP contribution in [0.5, 0.6) is 0 Å². The molecule has 158 valence electrons. The molecule has 3 aromatic heterocycles. The zero-order valence-electron chi connectivity index (χ0n) is 16.4. The van der Waals surface area contributed by atoms with Gasteiger partial charge in [0.1, 0.15) is 10.4 Å². The number of H-pyrrole nitrogens is 1. The van der Waals surface area contributed by atoms with E-state index in [1.165, 1.54) is 36.4 Å². The number of carbonyl (C=O) groups excluding carboxylic acids is 1. The number of halogens is 2. The maximum atomic E-state index is 13.2. The molecule has 0 aliphatic rings. The second kappa shape index (κ2) is 7.69. The van der Waals surface area contributed by atoms with E-state index in [0.29, 0.717) is 15.7 Å². The summed E-state index contributed by atoms with van der Waals surface area (Å²) in [4.78, 5) is 45.7. The molecule has 5 aromatic rings. The molecule has 0 amide bonds. The molecule has 2 aromatic carbocycles. The molecule has 0 spiro atoms. The Morgan fingerprint density at radius 3 is 2.62 bits per heavy atom. The molecule has 7 nitrogen and oxygen atoms in total. The van der Waals surface area contributed by atoms with Crippen LogP contribution < -0.4 is 11.2 Å². The second-order valence-electron chi connectivity index (χ2n) is 7.22. The van der Waals surface area contributed by atoms with Crippen LogP contribution in [0.3, 0.4) is 0 Å². The smallest absolute Gasteiger partial charge is 0.307 e. The van der Waals surface area contributed by atoms with Crippen LogP contribution in [0.15, 0.2) is 81.1 Å². The van der Waals surface area contributed by atoms with Crippen molar-refractivity contribution in [3.63, 3.8) is 0 Å². The summed E-state index contributed by atoms with van der Waals surface area (Å²) in [5.41, 5.74) is 0.784. The summed E-state index contributed by atoms with van der Waals surface area (Å²) in [6, 6.07) is 15.5. The van der Waals surface area contributed by atoms with Crippen LogP contribution in [0.25, 0.3) is 16.4 Å². The molecule has 0 radical (unpaired) electrons. The predicted octanol–water partition coefficient (Wildman–Crippen LogP) is 3.52. The molecule has 0 saturated carbocycles. The molecular weight excluding hydrogens is 479 g/mol. The predicted molar refractivity (Wildman–Crippen MR) is 121 cm³/mol. The highest BCUT2D eigenvalue weighted by Gasteiger charge is 2.19. The van der Waals surface area contributed by atoms with Crippen molar-refractivity contribution in [2.45, 2.75) is 6.54 Å². The number of ketones is 1. The quantitative estimate of drug-likeness (QED) is 0.388. The first-order chi connectivity index (χ1) is 15.4. The van der Waals surface area contributed by atoms with E-state index < -0.39 is 17.1 Å². The van der Waals surface area contributed by atoms with Gasteiger partial charge in [-0.1, -0.05) is 18.2 Å². The largest absolute Gasteiger partial charge is 0.329 e. The van der Waals surface area contributed by atoms with Crippen molar-refractivity contribution in [1.29, 1.82) is 0 Å². The van der Waals surface area contributed by atoms with Crippen molar-refractivity contribution in [3.05, 3.63) is 115 Å². The van der Waals surface area contributed by atoms with Crippen molar-refractivity contribution < 1.29 is 9.18 Å². The van der Waals surface area contributed by atoms with Crippen LogP contribution in [0.1, 0.15) is 21.7 Å². The summed E-state index contributed by atoms with van der Waals surface area (Å²) in [5.74, 6) is -0.577. The van der Waals surface area contributed by atoms with Gasteiger partial charge < -0.3 is 4.98 Å². The third kappa shape index (κ3) is 3.36. The molecule has 32 heavy (non-hydrogen) atoms. The molecule has 0 unspecified atom stereocenters. The first-order valence-electron chi connectivity index (χ1n) is 9.61. The molecule has 0 aliphatic carbocycles. The lowest BCUT2D eigenvalue weighted by Gasteiger charge is -2.08. The summed E-state index contributed by atoms with van der Waals surface area (Å²) in [6.07, 6.45) is 1.73. The van der Waals surface area contributed by atoms with Crippen LogP contribution in [0.2, 0.25) is 0 Å². The fourth-order valence-electron chi connectivity index (χ4n) is 3.60. The number of hydrogen-bond acceptors (Lipinski definition) is 4. The van der Waals surface area contributed by atoms with Crippen molar-refractivity contribution in [2.24, 2.45) is 0 Å². The number of nitrogens with zero attached hydrogens (tertiary/aromatic N) is 3. The second-order valence-corrected chi connectivity index (χ2v) is 7.97. The van der Waals surface area contributed by atoms with Crippen LogP contribution >= 0.6 is 15.9 Å². The van der Waals surface area contributed by atoms with Gasteiger partial charge in [0.25, 0.3) is 5.56 Å². The molecule has 0 atom stereocenters. The number of rotatable bonds is 4. The molecule has 0 aliphatic heterocycles. The lowest BCUT2D eigenvalue weighted by Crippen LogP contribution is -2.35. The maximum Gasteiger partial charge on any atom is 0.329 e. The van der Waals surface area contributed by atoms with E-state index in [2.05, 4.69) is 25.9 Å². The Bertz CT molecular complexity index is 1630. The third-order valence-corrected chi connectivity index (χ3v) is 5.79. The fourth-order valence-corrected chi connectivity index (χ4v) is 4.09. The van der Waals surface area contributed by atoms with Gasteiger partial charge in [-0.25, -0.2) is 14.2 Å². The number of imidazole rings is 1. The zero-order valence-corrected chi connectivity index (χ0v) is 18.0. The molecule has 9 heteroatoms. The molecule has 3 heterocycles. The number of aromatic nitrogens is 4. The van der Waals surface area contributed by atoms with E-state index in [-0.39, 0.29) is 29.1 Å². The van der Waals surface area contributed by atoms with Crippen molar-refractivity contribution in [2.75, 3.05) is 0 Å². The lowest BCUT2D eigenvalue weighted by molar-refractivity contribution is 0.102. The molecule has 1 N–H and O–H groups in total. The zero-order chi connectivity index (χ0) is 22.4. The van der Waals surface area contributed by atoms with Gasteiger partial charge in [-0.2, -0.15) is 0 Å². The monoisotopic (exact) mass is 492 g/mol. The van der Waals surface area contributed by atoms with Crippen molar-refractivity contribution in [3.8, 4) is 0 Å². The number of fused-ring (bicyclic) bond motifs is 2. The number of nitrogens with one attached hydrogen (secondary N) is 1. The summed E-state index contributed by atoms with van der Waals surface area (Å²) < 4.78 is 16.4. The Hall–Kier alpha value is -3.85. The van der Waals surface area contributed by atoms with Gasteiger partial charge in [0.2, 0.25) is 5.78 Å². The molecule has 0 bridgehead atoms. The van der Waals surface area contributed by atoms with Crippen LogP contribution in [-0.4, -0.2) is 24.7 Å². The summed E-state index contributed by atoms with van der Waals surface area (Å²) in [6.45, 7) is -0.0274. The lowest BCUT2D eigenvalue weighted by atomic mass is 10.1. The SMILES string of the molecule is O=C(c1ccc2[nH]c(=O)n(Cc3ccc(F)cc3)c(=O)c2c1)c1nc(Br)c2ccccn12. The average Bonchev–Trinajstić information content (AvgIpc) is 3.14. The van der Waals surface area contributed by atoms with Gasteiger partial charge in [0.15, 0.2) is 5.82 Å². The Labute approximate surface area is 187 Å². The van der Waals surface area contributed by atoms with Gasteiger partial charge in [-0.3, -0.25) is 18.6 Å². The average molecular weight is 493 g/mol. The van der Waals surface area contributed by atoms with Gasteiger partial charge in [-0.15, -0.1) is 0 Å². The van der Waals surface area contributed by atoms with E-state index >= 15 is 0 Å². The van der Waals surface area contributed by atoms with Gasteiger partial charge >= 0.3 is 5.69 Å². The van der Waals surface area contributed by atoms with Crippen LogP contribution in [-0.2, 0) is 6.54 Å². The molecule has 0 saturated heterocycles. The first-order valence-corrected chi connectivity index (χ1v) is 10.4. The van der Waals surface area contributed by atoms with E-state index in [0.717, 1.165) is 10.1 Å². The molecule has 0 fully saturated rings. The summed E-state index contributed by atoms with van der Waals surface area (Å²) in [5, 5.41) is 0.192. The standard InChI is InChI=1S/C23H14BrFN4O3/c24-20-18-3-1-2-10-28(18)21(27-20)19(30)14-6-9-17-16(11-14)22(31)29(23(32)26-17)12-13-4-7-15(25)8-5-13/h1-11H,12H2,(H,26,32). The van der Waals surface area contributed by atoms with E-state index in [1.807, 2.05) is 12.1 Å². The normalized spacial score (nSPS) is 11.3. The van der Waals surface area contributed by atoms with Crippen LogP contribution in [0, 0.1) is 5.82 Å². The Balaban J connectivity index is 1.61. The first kappa shape index (κ1) is 20.1. The number of pyridine rings is 1. The highest BCUT2D eigenvalue weighted by atomic mass is 79.9. The Kier molecular flexibility index (Phi) is 4.82. The molecule has 5 rings (SSSR count). The summed E-state index contributed by atoms with van der Waals surface area (Å²) in [7, 11) is 0. The number of benzene rings is 2. The van der Waals surface area contributed by atoms with Gasteiger partial charge in [0.05, 0.1) is 23.0 Å². The van der Waals surface area contributed by atoms with Crippen LogP contribution in [0.4, 0.5) is 4.39 Å². The molecular formula is C23H14BrFN4O3. The minimum atomic E-state index is -0.589. The Morgan fingerprint density at radius 1 is 1.06 bits per heavy atom. The minimum Gasteiger partial charge on any atom is -0.307 e. The number of carbonyl (C=O) groups is 1. The third-order valence-electron chi connectivity index (χ3n) is 5.20. The number of hydrogen-bond donors (Lipinski definition) is 1. The van der Waals surface area contributed by atoms with Crippen molar-refractivity contribution >= 4 is 38.1 Å². The van der Waals surface area contributed by atoms with Gasteiger partial charge in [0, 0.05) is 11.8 Å². The van der Waals surface area contributed by atoms with E-state index in [1.54, 1.807) is 22.7 Å². The van der Waals surface area contributed by atoms with Gasteiger partial charge in [-0.05, 0) is 64.0 Å². The Morgan fingerprint density at radius 2 is 1.84 bits per heavy atom. The topological polar surface area (TPSA) is 89.2 Å². The highest BCUT2D eigenvalue weighted by Crippen LogP contribution is 2.21. The number of aromatic amines is 1. The van der Waals surface area contributed by atoms with E-state index in [4.69, 9.17) is 0 Å². The van der Waals surface area contributed by atoms with E-state index in [9.17, 15) is 18.8 Å². The maximum absolute atomic E-state index is 13.2. The minimum absolute atomic E-state index is 0.0274. The highest BCUT2D eigenvalue weighted by molar-refractivity contribution is 9.10. The van der Waals surface area contributed by atoms with Crippen molar-refractivity contribution in [1.82, 2.24) is 18.9 Å². The fraction of sp³-hybridized carbons (Fsp3) is 0.0435.